The molecule has 0 radical (unpaired) electrons. The van der Waals surface area contributed by atoms with Gasteiger partial charge < -0.3 is 23.2 Å². The van der Waals surface area contributed by atoms with Crippen molar-refractivity contribution in [3.63, 3.8) is 0 Å². The molecule has 2 aliphatic rings. The molecule has 33 heavy (non-hydrogen) atoms. The van der Waals surface area contributed by atoms with Crippen molar-refractivity contribution in [1.82, 2.24) is 4.57 Å². The Morgan fingerprint density at radius 2 is 1.33 bits per heavy atom. The first-order valence-electron chi connectivity index (χ1n) is 12.5. The maximum atomic E-state index is 6.37. The van der Waals surface area contributed by atoms with Gasteiger partial charge in [-0.2, -0.15) is 0 Å². The molecule has 1 aromatic heterocycles. The van der Waals surface area contributed by atoms with Gasteiger partial charge in [0, 0.05) is 18.8 Å². The normalized spacial score (nSPS) is 24.0. The van der Waals surface area contributed by atoms with Gasteiger partial charge in [0.15, 0.2) is 0 Å². The zero-order chi connectivity index (χ0) is 24.2. The zero-order valence-corrected chi connectivity index (χ0v) is 22.0. The highest BCUT2D eigenvalue weighted by Crippen LogP contribution is 2.42. The number of hydrogen-bond acceptors (Lipinski definition) is 4. The molecule has 0 aliphatic carbocycles. The van der Waals surface area contributed by atoms with Crippen LogP contribution < -0.4 is 0 Å². The third-order valence-corrected chi connectivity index (χ3v) is 8.45. The van der Waals surface area contributed by atoms with Crippen molar-refractivity contribution in [3.05, 3.63) is 36.0 Å². The summed E-state index contributed by atoms with van der Waals surface area (Å²) in [5.41, 5.74) is 1.42. The predicted molar refractivity (Wildman–Crippen MR) is 137 cm³/mol. The highest BCUT2D eigenvalue weighted by atomic mass is 16.7. The van der Waals surface area contributed by atoms with Crippen molar-refractivity contribution in [1.29, 1.82) is 0 Å². The summed E-state index contributed by atoms with van der Waals surface area (Å²) < 4.78 is 27.4. The molecule has 1 atom stereocenters. The average Bonchev–Trinajstić information content (AvgIpc) is 3.22. The minimum atomic E-state index is -0.311. The number of rotatable bonds is 7. The summed E-state index contributed by atoms with van der Waals surface area (Å²) in [5.74, 6) is 0.340. The van der Waals surface area contributed by atoms with Crippen molar-refractivity contribution in [2.75, 3.05) is 0 Å². The van der Waals surface area contributed by atoms with Gasteiger partial charge in [0.1, 0.15) is 0 Å². The van der Waals surface area contributed by atoms with Crippen molar-refractivity contribution in [2.45, 2.75) is 109 Å². The fourth-order valence-electron chi connectivity index (χ4n) is 4.88. The Balaban J connectivity index is 1.48. The van der Waals surface area contributed by atoms with Gasteiger partial charge in [0.05, 0.1) is 22.4 Å². The van der Waals surface area contributed by atoms with Crippen LogP contribution in [0.5, 0.6) is 0 Å². The van der Waals surface area contributed by atoms with Crippen molar-refractivity contribution < 1.29 is 18.6 Å². The lowest BCUT2D eigenvalue weighted by molar-refractivity contribution is 0.00578. The van der Waals surface area contributed by atoms with Crippen LogP contribution in [0.2, 0.25) is 12.6 Å². The quantitative estimate of drug-likeness (QED) is 0.467. The highest BCUT2D eigenvalue weighted by Gasteiger charge is 2.52. The molecule has 0 bridgehead atoms. The Morgan fingerprint density at radius 1 is 0.788 bits per heavy atom. The van der Waals surface area contributed by atoms with E-state index >= 15 is 0 Å². The van der Waals surface area contributed by atoms with Gasteiger partial charge in [-0.25, -0.2) is 0 Å². The van der Waals surface area contributed by atoms with Crippen LogP contribution in [0.1, 0.15) is 79.7 Å². The molecule has 180 valence electrons. The molecule has 7 heteroatoms. The summed E-state index contributed by atoms with van der Waals surface area (Å²) in [4.78, 5) is 0. The Kier molecular flexibility index (Phi) is 6.35. The summed E-state index contributed by atoms with van der Waals surface area (Å²) in [6, 6.07) is 9.03. The topological polar surface area (TPSA) is 41.9 Å². The van der Waals surface area contributed by atoms with E-state index in [0.717, 1.165) is 25.5 Å². The van der Waals surface area contributed by atoms with Gasteiger partial charge in [-0.1, -0.05) is 12.5 Å². The highest BCUT2D eigenvalue weighted by molar-refractivity contribution is 6.46. The van der Waals surface area contributed by atoms with Crippen LogP contribution in [0, 0.1) is 0 Å². The average molecular weight is 453 g/mol. The van der Waals surface area contributed by atoms with Crippen molar-refractivity contribution >= 4 is 25.1 Å². The first kappa shape index (κ1) is 24.8. The number of aromatic nitrogens is 1. The SMILES string of the molecule is Cn1ccc2cc([C@@H](CCCB3OC(C)(C)C(C)(C)O3)CB3OC(C)(C)C(C)(C)O3)ccc21. The minimum absolute atomic E-state index is 0.149. The van der Waals surface area contributed by atoms with Gasteiger partial charge >= 0.3 is 14.2 Å². The molecule has 2 aromatic rings. The van der Waals surface area contributed by atoms with E-state index in [2.05, 4.69) is 97.5 Å². The molecule has 2 saturated heterocycles. The molecule has 2 fully saturated rings. The zero-order valence-electron chi connectivity index (χ0n) is 22.0. The number of fused-ring (bicyclic) bond motifs is 1. The van der Waals surface area contributed by atoms with Crippen LogP contribution in [-0.4, -0.2) is 41.2 Å². The van der Waals surface area contributed by atoms with Gasteiger partial charge in [-0.3, -0.25) is 0 Å². The fraction of sp³-hybridized carbons (Fsp3) is 0.692. The van der Waals surface area contributed by atoms with E-state index in [1.165, 1.54) is 16.5 Å². The van der Waals surface area contributed by atoms with Crippen molar-refractivity contribution in [3.8, 4) is 0 Å². The number of hydrogen-bond donors (Lipinski definition) is 0. The fourth-order valence-corrected chi connectivity index (χ4v) is 4.88. The van der Waals surface area contributed by atoms with E-state index in [0.29, 0.717) is 5.92 Å². The monoisotopic (exact) mass is 453 g/mol. The lowest BCUT2D eigenvalue weighted by Gasteiger charge is -2.32. The van der Waals surface area contributed by atoms with E-state index in [9.17, 15) is 0 Å². The second-order valence-corrected chi connectivity index (χ2v) is 12.0. The number of nitrogens with zero attached hydrogens (tertiary/aromatic N) is 1. The Labute approximate surface area is 200 Å². The molecule has 5 nitrogen and oxygen atoms in total. The molecule has 1 aromatic carbocycles. The van der Waals surface area contributed by atoms with Crippen LogP contribution in [0.15, 0.2) is 30.5 Å². The summed E-state index contributed by atoms with van der Waals surface area (Å²) in [6.45, 7) is 16.9. The first-order chi connectivity index (χ1) is 15.2. The predicted octanol–water partition coefficient (Wildman–Crippen LogP) is 6.23. The lowest BCUT2D eigenvalue weighted by atomic mass is 9.71. The van der Waals surface area contributed by atoms with E-state index in [-0.39, 0.29) is 36.6 Å². The van der Waals surface area contributed by atoms with Gasteiger partial charge in [0.2, 0.25) is 0 Å². The molecule has 0 spiro atoms. The maximum absolute atomic E-state index is 6.37. The second-order valence-electron chi connectivity index (χ2n) is 12.0. The lowest BCUT2D eigenvalue weighted by Crippen LogP contribution is -2.41. The molecular formula is C26H41B2NO4. The third-order valence-electron chi connectivity index (χ3n) is 8.45. The third kappa shape index (κ3) is 4.80. The molecule has 0 N–H and O–H groups in total. The Hall–Kier alpha value is -1.27. The van der Waals surface area contributed by atoms with Gasteiger partial charge in [0.25, 0.3) is 0 Å². The van der Waals surface area contributed by atoms with Gasteiger partial charge in [-0.15, -0.1) is 0 Å². The summed E-state index contributed by atoms with van der Waals surface area (Å²) in [5, 5.41) is 1.28. The van der Waals surface area contributed by atoms with Crippen LogP contribution >= 0.6 is 0 Å². The molecule has 0 amide bonds. The first-order valence-corrected chi connectivity index (χ1v) is 12.5. The molecule has 0 saturated carbocycles. The van der Waals surface area contributed by atoms with Crippen molar-refractivity contribution in [2.24, 2.45) is 7.05 Å². The van der Waals surface area contributed by atoms with Crippen LogP contribution in [0.4, 0.5) is 0 Å². The van der Waals surface area contributed by atoms with E-state index in [1.807, 2.05) is 0 Å². The summed E-state index contributed by atoms with van der Waals surface area (Å²) in [6.07, 6.45) is 5.91. The molecular weight excluding hydrogens is 412 g/mol. The Morgan fingerprint density at radius 3 is 1.91 bits per heavy atom. The van der Waals surface area contributed by atoms with E-state index in [1.54, 1.807) is 0 Å². The minimum Gasteiger partial charge on any atom is -0.403 e. The smallest absolute Gasteiger partial charge is 0.403 e. The second kappa shape index (κ2) is 8.44. The number of aryl methyl sites for hydroxylation is 1. The Bertz CT molecular complexity index is 965. The molecule has 3 heterocycles. The molecule has 2 aliphatic heterocycles. The summed E-state index contributed by atoms with van der Waals surface area (Å²) >= 11 is 0. The molecule has 4 rings (SSSR count). The van der Waals surface area contributed by atoms with Crippen LogP contribution in [0.25, 0.3) is 10.9 Å². The molecule has 0 unspecified atom stereocenters. The largest absolute Gasteiger partial charge is 0.458 e. The van der Waals surface area contributed by atoms with Gasteiger partial charge in [-0.05, 0) is 110 Å². The van der Waals surface area contributed by atoms with E-state index in [4.69, 9.17) is 18.6 Å². The van der Waals surface area contributed by atoms with E-state index < -0.39 is 0 Å². The van der Waals surface area contributed by atoms with Crippen LogP contribution in [0.3, 0.4) is 0 Å². The standard InChI is InChI=1S/C26H41B2NO4/c1-23(2)24(3,4)31-27(30-23)15-10-11-21(18-28-32-25(5,6)26(7,8)33-28)19-12-13-22-20(17-19)14-16-29(22)9/h12-14,16-17,21H,10-11,15,18H2,1-9H3/t21-/m0/s1. The number of benzene rings is 1. The summed E-state index contributed by atoms with van der Waals surface area (Å²) in [7, 11) is 1.74. The maximum Gasteiger partial charge on any atom is 0.458 e. The van der Waals surface area contributed by atoms with Crippen LogP contribution in [-0.2, 0) is 25.7 Å².